The summed E-state index contributed by atoms with van der Waals surface area (Å²) >= 11 is 0. The Balaban J connectivity index is 1.89. The fourth-order valence-electron chi connectivity index (χ4n) is 3.16. The standard InChI is InChI=1S/C18H27NO3S/c1-13-7-9-16(10-8-13)23(21,22)12-11-18(20)19-17-6-4-5-14(2)15(17)3/h7-10,14-15,17H,4-6,11-12H2,1-3H3,(H,19,20)/t14-,15-,17-/m0/s1. The molecule has 1 aliphatic rings. The van der Waals surface area contributed by atoms with Gasteiger partial charge in [-0.3, -0.25) is 4.79 Å². The van der Waals surface area contributed by atoms with Crippen LogP contribution in [-0.2, 0) is 14.6 Å². The van der Waals surface area contributed by atoms with E-state index in [9.17, 15) is 13.2 Å². The van der Waals surface area contributed by atoms with E-state index in [4.69, 9.17) is 0 Å². The predicted molar refractivity (Wildman–Crippen MR) is 92.0 cm³/mol. The molecule has 0 spiro atoms. The molecule has 2 rings (SSSR count). The molecule has 4 nitrogen and oxygen atoms in total. The molecule has 0 aliphatic heterocycles. The topological polar surface area (TPSA) is 63.2 Å². The lowest BCUT2D eigenvalue weighted by Crippen LogP contribution is -2.44. The smallest absolute Gasteiger partial charge is 0.221 e. The lowest BCUT2D eigenvalue weighted by molar-refractivity contribution is -0.122. The van der Waals surface area contributed by atoms with Gasteiger partial charge in [-0.05, 0) is 37.3 Å². The quantitative estimate of drug-likeness (QED) is 0.898. The first-order valence-electron chi connectivity index (χ1n) is 8.38. The highest BCUT2D eigenvalue weighted by molar-refractivity contribution is 7.91. The Kier molecular flexibility index (Phi) is 5.84. The lowest BCUT2D eigenvalue weighted by Gasteiger charge is -2.34. The number of aryl methyl sites for hydroxylation is 1. The van der Waals surface area contributed by atoms with E-state index in [0.29, 0.717) is 11.8 Å². The van der Waals surface area contributed by atoms with Gasteiger partial charge >= 0.3 is 0 Å². The normalized spacial score (nSPS) is 25.1. The summed E-state index contributed by atoms with van der Waals surface area (Å²) in [7, 11) is -3.40. The van der Waals surface area contributed by atoms with Crippen molar-refractivity contribution in [2.24, 2.45) is 11.8 Å². The van der Waals surface area contributed by atoms with E-state index in [2.05, 4.69) is 19.2 Å². The van der Waals surface area contributed by atoms with Crippen molar-refractivity contribution in [2.75, 3.05) is 5.75 Å². The molecule has 0 saturated heterocycles. The Labute approximate surface area is 139 Å². The number of hydrogen-bond donors (Lipinski definition) is 1. The highest BCUT2D eigenvalue weighted by Gasteiger charge is 2.28. The van der Waals surface area contributed by atoms with Crippen LogP contribution in [0.3, 0.4) is 0 Å². The zero-order valence-electron chi connectivity index (χ0n) is 14.2. The van der Waals surface area contributed by atoms with Gasteiger partial charge < -0.3 is 5.32 Å². The summed E-state index contributed by atoms with van der Waals surface area (Å²) in [4.78, 5) is 12.4. The Hall–Kier alpha value is -1.36. The maximum Gasteiger partial charge on any atom is 0.221 e. The minimum atomic E-state index is -3.40. The van der Waals surface area contributed by atoms with Gasteiger partial charge in [-0.1, -0.05) is 44.4 Å². The average molecular weight is 337 g/mol. The maximum atomic E-state index is 12.3. The molecule has 23 heavy (non-hydrogen) atoms. The zero-order valence-corrected chi connectivity index (χ0v) is 15.0. The van der Waals surface area contributed by atoms with E-state index in [-0.39, 0.29) is 29.0 Å². The predicted octanol–water partition coefficient (Wildman–Crippen LogP) is 3.10. The fraction of sp³-hybridized carbons (Fsp3) is 0.611. The van der Waals surface area contributed by atoms with Gasteiger partial charge in [0.15, 0.2) is 9.84 Å². The third-order valence-electron chi connectivity index (χ3n) is 5.03. The van der Waals surface area contributed by atoms with E-state index < -0.39 is 9.84 Å². The highest BCUT2D eigenvalue weighted by atomic mass is 32.2. The van der Waals surface area contributed by atoms with Crippen molar-refractivity contribution in [3.05, 3.63) is 29.8 Å². The summed E-state index contributed by atoms with van der Waals surface area (Å²) in [6, 6.07) is 6.94. The summed E-state index contributed by atoms with van der Waals surface area (Å²) in [6.07, 6.45) is 3.34. The minimum Gasteiger partial charge on any atom is -0.353 e. The van der Waals surface area contributed by atoms with Crippen molar-refractivity contribution in [3.8, 4) is 0 Å². The zero-order chi connectivity index (χ0) is 17.0. The largest absolute Gasteiger partial charge is 0.353 e. The Morgan fingerprint density at radius 2 is 1.83 bits per heavy atom. The molecule has 3 atom stereocenters. The van der Waals surface area contributed by atoms with Gasteiger partial charge in [0.25, 0.3) is 0 Å². The molecule has 5 heteroatoms. The highest BCUT2D eigenvalue weighted by Crippen LogP contribution is 2.29. The van der Waals surface area contributed by atoms with Gasteiger partial charge in [0.05, 0.1) is 10.6 Å². The van der Waals surface area contributed by atoms with Gasteiger partial charge in [-0.2, -0.15) is 0 Å². The molecule has 1 aromatic carbocycles. The summed E-state index contributed by atoms with van der Waals surface area (Å²) in [5.74, 6) is 0.747. The van der Waals surface area contributed by atoms with Crippen LogP contribution in [0.25, 0.3) is 0 Å². The second kappa shape index (κ2) is 7.47. The van der Waals surface area contributed by atoms with Crippen LogP contribution in [0.2, 0.25) is 0 Å². The van der Waals surface area contributed by atoms with Crippen LogP contribution in [-0.4, -0.2) is 26.1 Å². The molecule has 1 N–H and O–H groups in total. The molecule has 1 fully saturated rings. The number of nitrogens with one attached hydrogen (secondary N) is 1. The Morgan fingerprint density at radius 3 is 2.48 bits per heavy atom. The molecule has 1 saturated carbocycles. The fourth-order valence-corrected chi connectivity index (χ4v) is 4.40. The number of hydrogen-bond acceptors (Lipinski definition) is 3. The second-order valence-electron chi connectivity index (χ2n) is 6.82. The molecule has 0 bridgehead atoms. The van der Waals surface area contributed by atoms with Crippen molar-refractivity contribution in [3.63, 3.8) is 0 Å². The van der Waals surface area contributed by atoms with Crippen molar-refractivity contribution < 1.29 is 13.2 Å². The molecule has 1 aromatic rings. The first-order chi connectivity index (χ1) is 10.8. The number of carbonyl (C=O) groups excluding carboxylic acids is 1. The van der Waals surface area contributed by atoms with Crippen molar-refractivity contribution >= 4 is 15.7 Å². The first kappa shape index (κ1) is 18.0. The van der Waals surface area contributed by atoms with Crippen LogP contribution < -0.4 is 5.32 Å². The summed E-state index contributed by atoms with van der Waals surface area (Å²) in [6.45, 7) is 6.29. The third kappa shape index (κ3) is 4.80. The van der Waals surface area contributed by atoms with Gasteiger partial charge in [0.2, 0.25) is 5.91 Å². The van der Waals surface area contributed by atoms with Gasteiger partial charge in [-0.25, -0.2) is 8.42 Å². The summed E-state index contributed by atoms with van der Waals surface area (Å²) < 4.78 is 24.6. The van der Waals surface area contributed by atoms with Crippen LogP contribution in [0.15, 0.2) is 29.2 Å². The van der Waals surface area contributed by atoms with E-state index in [1.165, 1.54) is 6.42 Å². The van der Waals surface area contributed by atoms with Crippen molar-refractivity contribution in [1.29, 1.82) is 0 Å². The average Bonchev–Trinajstić information content (AvgIpc) is 2.50. The van der Waals surface area contributed by atoms with Crippen molar-refractivity contribution in [2.45, 2.75) is 57.4 Å². The molecular formula is C18H27NO3S. The van der Waals surface area contributed by atoms with Crippen LogP contribution in [0, 0.1) is 18.8 Å². The first-order valence-corrected chi connectivity index (χ1v) is 10.0. The summed E-state index contributed by atoms with van der Waals surface area (Å²) in [5, 5.41) is 3.03. The summed E-state index contributed by atoms with van der Waals surface area (Å²) in [5.41, 5.74) is 1.02. The number of sulfone groups is 1. The van der Waals surface area contributed by atoms with Gasteiger partial charge in [0.1, 0.15) is 0 Å². The SMILES string of the molecule is Cc1ccc(S(=O)(=O)CCC(=O)N[C@H]2CCC[C@H](C)[C@@H]2C)cc1. The molecule has 0 unspecified atom stereocenters. The maximum absolute atomic E-state index is 12.3. The van der Waals surface area contributed by atoms with Crippen LogP contribution >= 0.6 is 0 Å². The lowest BCUT2D eigenvalue weighted by atomic mass is 9.78. The monoisotopic (exact) mass is 337 g/mol. The third-order valence-corrected chi connectivity index (χ3v) is 6.76. The van der Waals surface area contributed by atoms with Crippen LogP contribution in [0.1, 0.15) is 45.1 Å². The molecule has 1 amide bonds. The molecule has 0 radical (unpaired) electrons. The molecular weight excluding hydrogens is 310 g/mol. The van der Waals surface area contributed by atoms with Crippen LogP contribution in [0.4, 0.5) is 0 Å². The van der Waals surface area contributed by atoms with Gasteiger partial charge in [0, 0.05) is 12.5 Å². The number of benzene rings is 1. The Bertz CT molecular complexity index is 637. The number of amides is 1. The second-order valence-corrected chi connectivity index (χ2v) is 8.93. The molecule has 128 valence electrons. The van der Waals surface area contributed by atoms with E-state index in [1.54, 1.807) is 24.3 Å². The number of carbonyl (C=O) groups is 1. The van der Waals surface area contributed by atoms with E-state index >= 15 is 0 Å². The minimum absolute atomic E-state index is 0.0216. The van der Waals surface area contributed by atoms with Crippen LogP contribution in [0.5, 0.6) is 0 Å². The van der Waals surface area contributed by atoms with Gasteiger partial charge in [-0.15, -0.1) is 0 Å². The van der Waals surface area contributed by atoms with Crippen molar-refractivity contribution in [1.82, 2.24) is 5.32 Å². The molecule has 0 heterocycles. The Morgan fingerprint density at radius 1 is 1.17 bits per heavy atom. The van der Waals surface area contributed by atoms with E-state index in [1.807, 2.05) is 6.92 Å². The number of rotatable bonds is 5. The van der Waals surface area contributed by atoms with E-state index in [0.717, 1.165) is 18.4 Å². The molecule has 0 aromatic heterocycles. The molecule has 1 aliphatic carbocycles.